The van der Waals surface area contributed by atoms with Crippen LogP contribution in [0, 0.1) is 0 Å². The number of unbranched alkanes of at least 4 members (excludes halogenated alkanes) is 1. The van der Waals surface area contributed by atoms with Gasteiger partial charge in [0.1, 0.15) is 6.04 Å². The maximum Gasteiger partial charge on any atom is 0.308 e. The largest absolute Gasteiger partial charge is 0.466 e. The highest BCUT2D eigenvalue weighted by molar-refractivity contribution is 5.93. The fourth-order valence-electron chi connectivity index (χ4n) is 3.35. The predicted molar refractivity (Wildman–Crippen MR) is 121 cm³/mol. The van der Waals surface area contributed by atoms with Crippen molar-refractivity contribution in [2.45, 2.75) is 45.1 Å². The first-order valence-electron chi connectivity index (χ1n) is 11.1. The van der Waals surface area contributed by atoms with Crippen LogP contribution >= 0.6 is 0 Å². The zero-order valence-electron chi connectivity index (χ0n) is 19.2. The van der Waals surface area contributed by atoms with E-state index in [0.29, 0.717) is 32.5 Å². The van der Waals surface area contributed by atoms with Crippen molar-refractivity contribution in [2.24, 2.45) is 0 Å². The second-order valence-electron chi connectivity index (χ2n) is 8.01. The fourth-order valence-corrected chi connectivity index (χ4v) is 3.35. The second kappa shape index (κ2) is 12.7. The minimum atomic E-state index is -0.865. The van der Waals surface area contributed by atoms with Crippen molar-refractivity contribution in [1.29, 1.82) is 0 Å². The Labute approximate surface area is 189 Å². The van der Waals surface area contributed by atoms with Gasteiger partial charge in [-0.15, -0.1) is 0 Å². The summed E-state index contributed by atoms with van der Waals surface area (Å²) in [5, 5.41) is 5.80. The SMILES string of the molecule is CCCCOC(=O)CC1C(=O)NCCN1C(=O)CNc1cccc(CCC(=O)N(C)C)c1. The Kier molecular flexibility index (Phi) is 9.97. The molecule has 1 aliphatic heterocycles. The van der Waals surface area contributed by atoms with Crippen LogP contribution in [0.4, 0.5) is 5.69 Å². The summed E-state index contributed by atoms with van der Waals surface area (Å²) in [5.41, 5.74) is 1.74. The van der Waals surface area contributed by atoms with Crippen LogP contribution in [0.25, 0.3) is 0 Å². The van der Waals surface area contributed by atoms with Crippen LogP contribution in [0.15, 0.2) is 24.3 Å². The van der Waals surface area contributed by atoms with Gasteiger partial charge in [0, 0.05) is 39.3 Å². The maximum absolute atomic E-state index is 12.8. The third kappa shape index (κ3) is 7.86. The topological polar surface area (TPSA) is 108 Å². The van der Waals surface area contributed by atoms with Crippen LogP contribution in [0.5, 0.6) is 0 Å². The Bertz CT molecular complexity index is 811. The number of amides is 3. The summed E-state index contributed by atoms with van der Waals surface area (Å²) in [7, 11) is 3.45. The van der Waals surface area contributed by atoms with E-state index in [1.807, 2.05) is 31.2 Å². The Morgan fingerprint density at radius 2 is 2.06 bits per heavy atom. The Morgan fingerprint density at radius 1 is 1.28 bits per heavy atom. The van der Waals surface area contributed by atoms with E-state index in [-0.39, 0.29) is 30.7 Å². The molecular weight excluding hydrogens is 412 g/mol. The number of nitrogens with one attached hydrogen (secondary N) is 2. The Morgan fingerprint density at radius 3 is 2.78 bits per heavy atom. The summed E-state index contributed by atoms with van der Waals surface area (Å²) in [6.45, 7) is 2.99. The zero-order valence-corrected chi connectivity index (χ0v) is 19.2. The number of carbonyl (C=O) groups is 4. The summed E-state index contributed by atoms with van der Waals surface area (Å²) in [4.78, 5) is 52.0. The number of esters is 1. The lowest BCUT2D eigenvalue weighted by Crippen LogP contribution is -2.58. The summed E-state index contributed by atoms with van der Waals surface area (Å²) in [5.74, 6) is -1.03. The fraction of sp³-hybridized carbons (Fsp3) is 0.565. The van der Waals surface area contributed by atoms with E-state index in [9.17, 15) is 19.2 Å². The molecule has 1 aromatic rings. The number of ether oxygens (including phenoxy) is 1. The number of carbonyl (C=O) groups excluding carboxylic acids is 4. The number of aryl methyl sites for hydroxylation is 1. The van der Waals surface area contributed by atoms with Crippen molar-refractivity contribution in [3.63, 3.8) is 0 Å². The van der Waals surface area contributed by atoms with Crippen molar-refractivity contribution in [3.05, 3.63) is 29.8 Å². The molecule has 1 aliphatic rings. The molecule has 1 unspecified atom stereocenters. The molecule has 0 aromatic heterocycles. The van der Waals surface area contributed by atoms with E-state index < -0.39 is 12.0 Å². The molecule has 0 bridgehead atoms. The molecule has 0 aliphatic carbocycles. The highest BCUT2D eigenvalue weighted by Gasteiger charge is 2.34. The quantitative estimate of drug-likeness (QED) is 0.390. The van der Waals surface area contributed by atoms with Gasteiger partial charge in [0.15, 0.2) is 0 Å². The first kappa shape index (κ1) is 25.2. The van der Waals surface area contributed by atoms with Gasteiger partial charge in [-0.25, -0.2) is 0 Å². The van der Waals surface area contributed by atoms with Crippen LogP contribution in [0.2, 0.25) is 0 Å². The summed E-state index contributed by atoms with van der Waals surface area (Å²) < 4.78 is 5.16. The van der Waals surface area contributed by atoms with Gasteiger partial charge in [-0.1, -0.05) is 25.5 Å². The summed E-state index contributed by atoms with van der Waals surface area (Å²) in [6.07, 6.45) is 2.53. The van der Waals surface area contributed by atoms with Gasteiger partial charge in [-0.2, -0.15) is 0 Å². The minimum Gasteiger partial charge on any atom is -0.466 e. The zero-order chi connectivity index (χ0) is 23.5. The first-order valence-corrected chi connectivity index (χ1v) is 11.1. The molecule has 0 spiro atoms. The molecule has 1 saturated heterocycles. The van der Waals surface area contributed by atoms with Gasteiger partial charge in [0.05, 0.1) is 19.6 Å². The molecular formula is C23H34N4O5. The molecule has 2 rings (SSSR count). The van der Waals surface area contributed by atoms with Gasteiger partial charge in [-0.3, -0.25) is 19.2 Å². The molecule has 2 N–H and O–H groups in total. The average Bonchev–Trinajstić information content (AvgIpc) is 2.77. The molecule has 3 amide bonds. The van der Waals surface area contributed by atoms with Crippen molar-refractivity contribution in [3.8, 4) is 0 Å². The normalized spacial score (nSPS) is 15.7. The highest BCUT2D eigenvalue weighted by Crippen LogP contribution is 2.14. The molecule has 0 radical (unpaired) electrons. The van der Waals surface area contributed by atoms with Gasteiger partial charge in [-0.05, 0) is 30.5 Å². The van der Waals surface area contributed by atoms with Crippen molar-refractivity contribution in [1.82, 2.24) is 15.1 Å². The number of benzene rings is 1. The van der Waals surface area contributed by atoms with Crippen molar-refractivity contribution in [2.75, 3.05) is 45.7 Å². The molecule has 1 aromatic carbocycles. The van der Waals surface area contributed by atoms with Crippen molar-refractivity contribution >= 4 is 29.4 Å². The van der Waals surface area contributed by atoms with Crippen molar-refractivity contribution < 1.29 is 23.9 Å². The van der Waals surface area contributed by atoms with Crippen LogP contribution in [0.1, 0.15) is 38.2 Å². The van der Waals surface area contributed by atoms with E-state index in [2.05, 4.69) is 10.6 Å². The second-order valence-corrected chi connectivity index (χ2v) is 8.01. The monoisotopic (exact) mass is 446 g/mol. The molecule has 176 valence electrons. The smallest absolute Gasteiger partial charge is 0.308 e. The number of anilines is 1. The van der Waals surface area contributed by atoms with Gasteiger partial charge < -0.3 is 25.2 Å². The third-order valence-corrected chi connectivity index (χ3v) is 5.27. The molecule has 1 atom stereocenters. The van der Waals surface area contributed by atoms with Crippen LogP contribution in [-0.4, -0.2) is 79.9 Å². The average molecular weight is 447 g/mol. The Hall–Kier alpha value is -3.10. The van der Waals surface area contributed by atoms with Gasteiger partial charge >= 0.3 is 5.97 Å². The van der Waals surface area contributed by atoms with E-state index >= 15 is 0 Å². The predicted octanol–water partition coefficient (Wildman–Crippen LogP) is 1.18. The van der Waals surface area contributed by atoms with E-state index in [0.717, 1.165) is 24.1 Å². The standard InChI is InChI=1S/C23H34N4O5/c1-4-5-13-32-22(30)15-19-23(31)24-11-12-27(19)21(29)16-25-18-8-6-7-17(14-18)9-10-20(28)26(2)3/h6-8,14,19,25H,4-5,9-13,15-16H2,1-3H3,(H,24,31). The Balaban J connectivity index is 1.92. The van der Waals surface area contributed by atoms with Gasteiger partial charge in [0.25, 0.3) is 0 Å². The maximum atomic E-state index is 12.8. The van der Waals surface area contributed by atoms with E-state index in [4.69, 9.17) is 4.74 Å². The minimum absolute atomic E-state index is 0.00521. The van der Waals surface area contributed by atoms with Gasteiger partial charge in [0.2, 0.25) is 17.7 Å². The van der Waals surface area contributed by atoms with E-state index in [1.54, 1.807) is 19.0 Å². The number of nitrogens with zero attached hydrogens (tertiary/aromatic N) is 2. The number of piperazine rings is 1. The highest BCUT2D eigenvalue weighted by atomic mass is 16.5. The summed E-state index contributed by atoms with van der Waals surface area (Å²) in [6, 6.07) is 6.68. The lowest BCUT2D eigenvalue weighted by molar-refractivity contribution is -0.151. The molecule has 9 heteroatoms. The molecule has 1 heterocycles. The van der Waals surface area contributed by atoms with Crippen LogP contribution in [0.3, 0.4) is 0 Å². The molecule has 0 saturated carbocycles. The number of hydrogen-bond donors (Lipinski definition) is 2. The number of rotatable bonds is 11. The first-order chi connectivity index (χ1) is 15.3. The molecule has 9 nitrogen and oxygen atoms in total. The van der Waals surface area contributed by atoms with E-state index in [1.165, 1.54) is 4.90 Å². The number of hydrogen-bond acceptors (Lipinski definition) is 6. The lowest BCUT2D eigenvalue weighted by Gasteiger charge is -2.34. The van der Waals surface area contributed by atoms with Crippen LogP contribution in [-0.2, 0) is 30.3 Å². The lowest BCUT2D eigenvalue weighted by atomic mass is 10.1. The van der Waals surface area contributed by atoms with Crippen LogP contribution < -0.4 is 10.6 Å². The molecule has 1 fully saturated rings. The third-order valence-electron chi connectivity index (χ3n) is 5.27. The molecule has 32 heavy (non-hydrogen) atoms. The summed E-state index contributed by atoms with van der Waals surface area (Å²) >= 11 is 0.